The number of carbonyl (C=O) groups excluding carboxylic acids is 1. The minimum atomic E-state index is -1.57. The van der Waals surface area contributed by atoms with Gasteiger partial charge in [-0.3, -0.25) is 4.79 Å². The van der Waals surface area contributed by atoms with Crippen molar-refractivity contribution in [2.75, 3.05) is 0 Å². The van der Waals surface area contributed by atoms with Gasteiger partial charge in [0.2, 0.25) is 0 Å². The van der Waals surface area contributed by atoms with Gasteiger partial charge in [0.15, 0.2) is 9.75 Å². The predicted octanol–water partition coefficient (Wildman–Crippen LogP) is 4.23. The average molecular weight is 353 g/mol. The van der Waals surface area contributed by atoms with E-state index in [1.54, 1.807) is 27.7 Å². The lowest BCUT2D eigenvalue weighted by Crippen LogP contribution is -2.48. The molecule has 0 fully saturated rings. The Bertz CT molecular complexity index is 683. The van der Waals surface area contributed by atoms with E-state index >= 15 is 0 Å². The van der Waals surface area contributed by atoms with Crippen molar-refractivity contribution in [3.8, 4) is 0 Å². The van der Waals surface area contributed by atoms with E-state index in [-0.39, 0.29) is 11.8 Å². The monoisotopic (exact) mass is 353 g/mol. The van der Waals surface area contributed by atoms with Gasteiger partial charge in [-0.2, -0.15) is 0 Å². The molecule has 0 saturated carbocycles. The Morgan fingerprint density at radius 3 is 2.35 bits per heavy atom. The Hall–Kier alpha value is -1.60. The van der Waals surface area contributed by atoms with Gasteiger partial charge < -0.3 is 9.29 Å². The van der Waals surface area contributed by atoms with E-state index in [4.69, 9.17) is 4.18 Å². The molecule has 1 aromatic carbocycles. The molecule has 0 bridgehead atoms. The fourth-order valence-electron chi connectivity index (χ4n) is 2.75. The highest BCUT2D eigenvalue weighted by atomic mass is 32.2. The third-order valence-electron chi connectivity index (χ3n) is 3.98. The molecule has 2 rings (SSSR count). The van der Waals surface area contributed by atoms with E-state index in [0.717, 1.165) is 22.3 Å². The standard InChI is InChI=1S/C16H19NO4S2/c1-9(2)16(10(3)4,13(18)19)14(20)21-23-15-17-11-7-5-6-8-12(11)22-15/h5-10H,1-4H3,(H,18,19). The minimum Gasteiger partial charge on any atom is -0.480 e. The van der Waals surface area contributed by atoms with Crippen LogP contribution in [0.15, 0.2) is 28.6 Å². The first-order valence-corrected chi connectivity index (χ1v) is 8.83. The van der Waals surface area contributed by atoms with Gasteiger partial charge in [0.1, 0.15) is 12.0 Å². The number of hydrogen-bond acceptors (Lipinski definition) is 6. The molecule has 0 radical (unpaired) electrons. The lowest BCUT2D eigenvalue weighted by Gasteiger charge is -2.33. The normalized spacial score (nSPS) is 12.1. The first-order valence-electron chi connectivity index (χ1n) is 7.28. The van der Waals surface area contributed by atoms with Crippen LogP contribution in [0, 0.1) is 17.3 Å². The number of rotatable bonds is 6. The molecule has 1 N–H and O–H groups in total. The van der Waals surface area contributed by atoms with Crippen molar-refractivity contribution in [3.05, 3.63) is 24.3 Å². The molecule has 23 heavy (non-hydrogen) atoms. The number of aliphatic carboxylic acids is 1. The van der Waals surface area contributed by atoms with E-state index in [2.05, 4.69) is 4.98 Å². The van der Waals surface area contributed by atoms with Crippen LogP contribution in [-0.4, -0.2) is 22.0 Å². The molecule has 2 aromatic rings. The van der Waals surface area contributed by atoms with E-state index in [1.165, 1.54) is 11.3 Å². The van der Waals surface area contributed by atoms with Gasteiger partial charge in [-0.05, 0) is 24.0 Å². The first kappa shape index (κ1) is 17.7. The molecule has 7 heteroatoms. The Kier molecular flexibility index (Phi) is 5.31. The number of fused-ring (bicyclic) bond motifs is 1. The van der Waals surface area contributed by atoms with Gasteiger partial charge in [-0.25, -0.2) is 9.78 Å². The summed E-state index contributed by atoms with van der Waals surface area (Å²) in [4.78, 5) is 28.7. The van der Waals surface area contributed by atoms with Crippen LogP contribution in [0.5, 0.6) is 0 Å². The van der Waals surface area contributed by atoms with Crippen molar-refractivity contribution >= 4 is 45.5 Å². The number of carboxylic acid groups (broad SMARTS) is 1. The molecule has 0 unspecified atom stereocenters. The number of nitrogens with zero attached hydrogens (tertiary/aromatic N) is 1. The molecule has 0 atom stereocenters. The average Bonchev–Trinajstić information content (AvgIpc) is 2.87. The molecular formula is C16H19NO4S2. The topological polar surface area (TPSA) is 76.5 Å². The lowest BCUT2D eigenvalue weighted by atomic mass is 9.69. The van der Waals surface area contributed by atoms with Gasteiger partial charge in [-0.1, -0.05) is 39.8 Å². The molecule has 0 spiro atoms. The Morgan fingerprint density at radius 2 is 1.83 bits per heavy atom. The van der Waals surface area contributed by atoms with Crippen molar-refractivity contribution < 1.29 is 18.9 Å². The summed E-state index contributed by atoms with van der Waals surface area (Å²) in [6.07, 6.45) is 0. The van der Waals surface area contributed by atoms with Crippen molar-refractivity contribution in [1.29, 1.82) is 0 Å². The summed E-state index contributed by atoms with van der Waals surface area (Å²) in [6, 6.07) is 7.60. The van der Waals surface area contributed by atoms with Crippen LogP contribution < -0.4 is 0 Å². The van der Waals surface area contributed by atoms with E-state index in [1.807, 2.05) is 24.3 Å². The van der Waals surface area contributed by atoms with Crippen molar-refractivity contribution in [2.45, 2.75) is 32.0 Å². The quantitative estimate of drug-likeness (QED) is 0.618. The second-order valence-corrected chi connectivity index (χ2v) is 7.89. The molecule has 0 aliphatic rings. The molecule has 1 heterocycles. The second-order valence-electron chi connectivity index (χ2n) is 5.89. The van der Waals surface area contributed by atoms with Gasteiger partial charge >= 0.3 is 11.9 Å². The fraction of sp³-hybridized carbons (Fsp3) is 0.438. The van der Waals surface area contributed by atoms with Gasteiger partial charge in [0, 0.05) is 0 Å². The van der Waals surface area contributed by atoms with Crippen molar-refractivity contribution in [1.82, 2.24) is 4.98 Å². The highest BCUT2D eigenvalue weighted by molar-refractivity contribution is 7.97. The molecule has 1 aromatic heterocycles. The van der Waals surface area contributed by atoms with E-state index in [9.17, 15) is 14.7 Å². The number of benzene rings is 1. The Morgan fingerprint density at radius 1 is 1.22 bits per heavy atom. The molecule has 5 nitrogen and oxygen atoms in total. The summed E-state index contributed by atoms with van der Waals surface area (Å²) >= 11 is 2.23. The molecule has 0 aliphatic heterocycles. The van der Waals surface area contributed by atoms with Crippen molar-refractivity contribution in [3.63, 3.8) is 0 Å². The van der Waals surface area contributed by atoms with E-state index < -0.39 is 17.4 Å². The van der Waals surface area contributed by atoms with Gasteiger partial charge in [0.25, 0.3) is 0 Å². The maximum atomic E-state index is 12.5. The number of hydrogen-bond donors (Lipinski definition) is 1. The van der Waals surface area contributed by atoms with Crippen molar-refractivity contribution in [2.24, 2.45) is 17.3 Å². The maximum Gasteiger partial charge on any atom is 0.336 e. The number of para-hydroxylation sites is 1. The van der Waals surface area contributed by atoms with Gasteiger partial charge in [0.05, 0.1) is 10.2 Å². The SMILES string of the molecule is CC(C)C(C(=O)O)(C(=O)OSc1nc2ccccc2s1)C(C)C. The highest BCUT2D eigenvalue weighted by Crippen LogP contribution is 2.40. The van der Waals surface area contributed by atoms with Crippen LogP contribution in [0.4, 0.5) is 0 Å². The van der Waals surface area contributed by atoms with Crippen LogP contribution in [-0.2, 0) is 13.8 Å². The summed E-state index contributed by atoms with van der Waals surface area (Å²) in [5, 5.41) is 9.62. The zero-order valence-electron chi connectivity index (χ0n) is 13.4. The zero-order valence-corrected chi connectivity index (χ0v) is 15.0. The summed E-state index contributed by atoms with van der Waals surface area (Å²) in [7, 11) is 0. The summed E-state index contributed by atoms with van der Waals surface area (Å²) in [5.41, 5.74) is -0.739. The smallest absolute Gasteiger partial charge is 0.336 e. The maximum absolute atomic E-state index is 12.5. The predicted molar refractivity (Wildman–Crippen MR) is 91.3 cm³/mol. The van der Waals surface area contributed by atoms with Crippen LogP contribution >= 0.6 is 23.4 Å². The number of thiazole rings is 1. The molecule has 124 valence electrons. The largest absolute Gasteiger partial charge is 0.480 e. The molecular weight excluding hydrogens is 334 g/mol. The van der Waals surface area contributed by atoms with Crippen LogP contribution in [0.25, 0.3) is 10.2 Å². The molecule has 0 aliphatic carbocycles. The van der Waals surface area contributed by atoms with E-state index in [0.29, 0.717) is 4.34 Å². The third-order valence-corrected chi connectivity index (χ3v) is 5.73. The van der Waals surface area contributed by atoms with Gasteiger partial charge in [-0.15, -0.1) is 11.3 Å². The summed E-state index contributed by atoms with van der Waals surface area (Å²) in [5.74, 6) is -2.66. The Balaban J connectivity index is 2.20. The van der Waals surface area contributed by atoms with Crippen LogP contribution in [0.1, 0.15) is 27.7 Å². The molecule has 0 saturated heterocycles. The third kappa shape index (κ3) is 3.21. The summed E-state index contributed by atoms with van der Waals surface area (Å²) < 4.78 is 6.82. The highest BCUT2D eigenvalue weighted by Gasteiger charge is 2.53. The Labute approximate surface area is 143 Å². The minimum absolute atomic E-state index is 0.386. The summed E-state index contributed by atoms with van der Waals surface area (Å²) in [6.45, 7) is 6.88. The fourth-order valence-corrected chi connectivity index (χ4v) is 4.37. The van der Waals surface area contributed by atoms with Crippen LogP contribution in [0.2, 0.25) is 0 Å². The number of carbonyl (C=O) groups is 2. The zero-order chi connectivity index (χ0) is 17.2. The number of aromatic nitrogens is 1. The first-order chi connectivity index (χ1) is 10.8. The number of carboxylic acids is 1. The second kappa shape index (κ2) is 6.88. The lowest BCUT2D eigenvalue weighted by molar-refractivity contribution is -0.170. The van der Waals surface area contributed by atoms with Crippen LogP contribution in [0.3, 0.4) is 0 Å². The molecule has 0 amide bonds.